The molecule has 2 rings (SSSR count). The molecule has 0 fully saturated rings. The Bertz CT molecular complexity index is 585. The van der Waals surface area contributed by atoms with Crippen molar-refractivity contribution in [2.24, 2.45) is 5.92 Å². The molecule has 2 heterocycles. The molecule has 6 heteroatoms. The Morgan fingerprint density at radius 2 is 2.20 bits per heavy atom. The zero-order valence-electron chi connectivity index (χ0n) is 11.7. The molecule has 0 saturated heterocycles. The molecular formula is C14H19N3O2S. The van der Waals surface area contributed by atoms with Crippen LogP contribution in [-0.4, -0.2) is 27.1 Å². The number of carboxylic acids is 1. The van der Waals surface area contributed by atoms with Crippen molar-refractivity contribution in [3.05, 3.63) is 17.8 Å². The maximum absolute atomic E-state index is 10.8. The number of rotatable bonds is 7. The number of anilines is 1. The molecule has 0 radical (unpaired) electrons. The van der Waals surface area contributed by atoms with Crippen molar-refractivity contribution < 1.29 is 9.90 Å². The minimum Gasteiger partial charge on any atom is -0.481 e. The van der Waals surface area contributed by atoms with Gasteiger partial charge in [-0.2, -0.15) is 0 Å². The number of hydrogen-bond donors (Lipinski definition) is 2. The summed E-state index contributed by atoms with van der Waals surface area (Å²) in [6.45, 7) is 3.84. The highest BCUT2D eigenvalue weighted by Gasteiger charge is 2.12. The van der Waals surface area contributed by atoms with E-state index in [1.165, 1.54) is 0 Å². The molecule has 2 N–H and O–H groups in total. The molecule has 0 aromatic carbocycles. The second-order valence-electron chi connectivity index (χ2n) is 5.07. The van der Waals surface area contributed by atoms with Crippen LogP contribution in [0.25, 0.3) is 10.2 Å². The van der Waals surface area contributed by atoms with Gasteiger partial charge in [0.05, 0.1) is 16.1 Å². The summed E-state index contributed by atoms with van der Waals surface area (Å²) in [6, 6.07) is 2.24. The molecule has 0 amide bonds. The largest absolute Gasteiger partial charge is 0.481 e. The number of hydrogen-bond acceptors (Lipinski definition) is 5. The molecule has 5 nitrogen and oxygen atoms in total. The van der Waals surface area contributed by atoms with Gasteiger partial charge in [-0.25, -0.2) is 9.97 Å². The minimum atomic E-state index is -0.721. The first kappa shape index (κ1) is 14.7. The first-order chi connectivity index (χ1) is 9.58. The summed E-state index contributed by atoms with van der Waals surface area (Å²) in [4.78, 5) is 19.2. The monoisotopic (exact) mass is 293 g/mol. The third kappa shape index (κ3) is 3.66. The number of aromatic nitrogens is 2. The summed E-state index contributed by atoms with van der Waals surface area (Å²) in [7, 11) is 0. The minimum absolute atomic E-state index is 0.260. The van der Waals surface area contributed by atoms with Crippen LogP contribution in [0.1, 0.15) is 33.1 Å². The Labute approximate surface area is 122 Å². The second kappa shape index (κ2) is 6.65. The van der Waals surface area contributed by atoms with Crippen molar-refractivity contribution in [3.8, 4) is 0 Å². The van der Waals surface area contributed by atoms with Crippen molar-refractivity contribution >= 4 is 33.3 Å². The Balaban J connectivity index is 1.87. The van der Waals surface area contributed by atoms with Crippen LogP contribution in [0.5, 0.6) is 0 Å². The van der Waals surface area contributed by atoms with E-state index in [1.54, 1.807) is 24.6 Å². The topological polar surface area (TPSA) is 75.1 Å². The van der Waals surface area contributed by atoms with Crippen LogP contribution in [0, 0.1) is 5.92 Å². The smallest absolute Gasteiger partial charge is 0.306 e. The molecular weight excluding hydrogens is 274 g/mol. The van der Waals surface area contributed by atoms with Crippen LogP contribution in [0.4, 0.5) is 5.82 Å². The van der Waals surface area contributed by atoms with Crippen molar-refractivity contribution in [2.45, 2.75) is 39.2 Å². The summed E-state index contributed by atoms with van der Waals surface area (Å²) in [6.07, 6.45) is 4.09. The van der Waals surface area contributed by atoms with Gasteiger partial charge in [0.25, 0.3) is 0 Å². The van der Waals surface area contributed by atoms with Gasteiger partial charge in [0, 0.05) is 6.04 Å². The van der Waals surface area contributed by atoms with Gasteiger partial charge in [-0.05, 0) is 31.2 Å². The number of carboxylic acid groups (broad SMARTS) is 1. The van der Waals surface area contributed by atoms with E-state index in [4.69, 9.17) is 5.11 Å². The van der Waals surface area contributed by atoms with Crippen LogP contribution in [0.15, 0.2) is 17.8 Å². The zero-order valence-corrected chi connectivity index (χ0v) is 12.5. The Morgan fingerprint density at radius 3 is 2.95 bits per heavy atom. The van der Waals surface area contributed by atoms with E-state index in [1.807, 2.05) is 11.4 Å². The van der Waals surface area contributed by atoms with E-state index in [9.17, 15) is 4.79 Å². The van der Waals surface area contributed by atoms with E-state index in [0.717, 1.165) is 28.9 Å². The maximum atomic E-state index is 10.8. The van der Waals surface area contributed by atoms with E-state index < -0.39 is 5.97 Å². The summed E-state index contributed by atoms with van der Waals surface area (Å²) in [5, 5.41) is 14.2. The van der Waals surface area contributed by atoms with Crippen LogP contribution in [0.3, 0.4) is 0 Å². The van der Waals surface area contributed by atoms with Gasteiger partial charge >= 0.3 is 5.97 Å². The van der Waals surface area contributed by atoms with Gasteiger partial charge in [0.2, 0.25) is 0 Å². The lowest BCUT2D eigenvalue weighted by atomic mass is 10.0. The van der Waals surface area contributed by atoms with Crippen molar-refractivity contribution in [3.63, 3.8) is 0 Å². The fourth-order valence-corrected chi connectivity index (χ4v) is 2.85. The third-order valence-electron chi connectivity index (χ3n) is 3.32. The number of nitrogens with zero attached hydrogens (tertiary/aromatic N) is 2. The molecule has 2 atom stereocenters. The van der Waals surface area contributed by atoms with Gasteiger partial charge in [0.15, 0.2) is 0 Å². The van der Waals surface area contributed by atoms with Crippen molar-refractivity contribution in [2.75, 3.05) is 5.32 Å². The fraction of sp³-hybridized carbons (Fsp3) is 0.500. The van der Waals surface area contributed by atoms with Gasteiger partial charge in [-0.15, -0.1) is 11.3 Å². The SMILES string of the molecule is CC(CCCC(C)C(=O)O)Nc1ncnc2ccsc12. The molecule has 20 heavy (non-hydrogen) atoms. The van der Waals surface area contributed by atoms with Crippen molar-refractivity contribution in [1.29, 1.82) is 0 Å². The van der Waals surface area contributed by atoms with E-state index in [-0.39, 0.29) is 12.0 Å². The molecule has 0 aliphatic carbocycles. The first-order valence-electron chi connectivity index (χ1n) is 6.75. The highest BCUT2D eigenvalue weighted by atomic mass is 32.1. The molecule has 0 aliphatic heterocycles. The lowest BCUT2D eigenvalue weighted by molar-refractivity contribution is -0.141. The zero-order chi connectivity index (χ0) is 14.5. The predicted octanol–water partition coefficient (Wildman–Crippen LogP) is 3.38. The number of aliphatic carboxylic acids is 1. The number of carbonyl (C=O) groups is 1. The Morgan fingerprint density at radius 1 is 1.40 bits per heavy atom. The van der Waals surface area contributed by atoms with E-state index in [2.05, 4.69) is 22.2 Å². The molecule has 2 aromatic rings. The van der Waals surface area contributed by atoms with E-state index in [0.29, 0.717) is 6.42 Å². The molecule has 0 bridgehead atoms. The summed E-state index contributed by atoms with van der Waals surface area (Å²) >= 11 is 1.62. The predicted molar refractivity (Wildman–Crippen MR) is 81.2 cm³/mol. The van der Waals surface area contributed by atoms with E-state index >= 15 is 0 Å². The third-order valence-corrected chi connectivity index (χ3v) is 4.23. The summed E-state index contributed by atoms with van der Waals surface area (Å²) < 4.78 is 1.07. The summed E-state index contributed by atoms with van der Waals surface area (Å²) in [5.74, 6) is -0.129. The number of fused-ring (bicyclic) bond motifs is 1. The van der Waals surface area contributed by atoms with Crippen LogP contribution < -0.4 is 5.32 Å². The average molecular weight is 293 g/mol. The highest BCUT2D eigenvalue weighted by molar-refractivity contribution is 7.17. The number of nitrogens with one attached hydrogen (secondary N) is 1. The fourth-order valence-electron chi connectivity index (χ4n) is 2.05. The van der Waals surface area contributed by atoms with Gasteiger partial charge in [-0.3, -0.25) is 4.79 Å². The summed E-state index contributed by atoms with van der Waals surface area (Å²) in [5.41, 5.74) is 0.958. The number of thiophene rings is 1. The molecule has 0 aliphatic rings. The maximum Gasteiger partial charge on any atom is 0.306 e. The second-order valence-corrected chi connectivity index (χ2v) is 5.99. The molecule has 2 unspecified atom stereocenters. The quantitative estimate of drug-likeness (QED) is 0.818. The molecule has 0 saturated carbocycles. The van der Waals surface area contributed by atoms with Crippen LogP contribution >= 0.6 is 11.3 Å². The van der Waals surface area contributed by atoms with Crippen LogP contribution in [0.2, 0.25) is 0 Å². The Kier molecular flexibility index (Phi) is 4.89. The molecule has 0 spiro atoms. The average Bonchev–Trinajstić information content (AvgIpc) is 2.87. The van der Waals surface area contributed by atoms with Gasteiger partial charge in [0.1, 0.15) is 12.1 Å². The standard InChI is InChI=1S/C14H19N3O2S/c1-9(14(18)19)4-3-5-10(2)17-13-12-11(6-7-20-12)15-8-16-13/h6-10H,3-5H2,1-2H3,(H,18,19)(H,15,16,17). The molecule has 2 aromatic heterocycles. The molecule has 108 valence electrons. The van der Waals surface area contributed by atoms with Gasteiger partial charge in [-0.1, -0.05) is 13.3 Å². The lowest BCUT2D eigenvalue weighted by Crippen LogP contribution is -2.17. The highest BCUT2D eigenvalue weighted by Crippen LogP contribution is 2.25. The Hall–Kier alpha value is -1.69. The van der Waals surface area contributed by atoms with Gasteiger partial charge < -0.3 is 10.4 Å². The lowest BCUT2D eigenvalue weighted by Gasteiger charge is -2.15. The first-order valence-corrected chi connectivity index (χ1v) is 7.63. The normalized spacial score (nSPS) is 14.1. The van der Waals surface area contributed by atoms with Crippen LogP contribution in [-0.2, 0) is 4.79 Å². The van der Waals surface area contributed by atoms with Crippen molar-refractivity contribution in [1.82, 2.24) is 9.97 Å².